The summed E-state index contributed by atoms with van der Waals surface area (Å²) < 4.78 is 2.62. The van der Waals surface area contributed by atoms with E-state index in [2.05, 4.69) is 193 Å². The van der Waals surface area contributed by atoms with Crippen LogP contribution in [0.1, 0.15) is 0 Å². The van der Waals surface area contributed by atoms with Crippen LogP contribution in [0.15, 0.2) is 188 Å². The van der Waals surface area contributed by atoms with Crippen molar-refractivity contribution in [3.05, 3.63) is 188 Å². The fraction of sp³-hybridized carbons (Fsp3) is 0. The van der Waals surface area contributed by atoms with Gasteiger partial charge in [-0.2, -0.15) is 0 Å². The van der Waals surface area contributed by atoms with Gasteiger partial charge in [0.25, 0.3) is 0 Å². The standard InChI is InChI=1S/C48H31NS/c1-2-12-32(13-3-1)33-22-24-37(25-23-33)49(38-26-27-47-45(31-38)44-28-34-14-4-5-15-35(34)30-48(44)50-47)46-21-11-10-20-42(46)43-29-36-16-6-7-17-39(36)40-18-8-9-19-41(40)43/h1-31H. The molecule has 0 aliphatic heterocycles. The van der Waals surface area contributed by atoms with E-state index in [0.717, 1.165) is 17.1 Å². The lowest BCUT2D eigenvalue weighted by molar-refractivity contribution is 1.29. The maximum absolute atomic E-state index is 2.44. The van der Waals surface area contributed by atoms with Gasteiger partial charge in [-0.05, 0) is 104 Å². The molecule has 50 heavy (non-hydrogen) atoms. The van der Waals surface area contributed by atoms with Gasteiger partial charge in [0.15, 0.2) is 0 Å². The Morgan fingerprint density at radius 1 is 0.320 bits per heavy atom. The smallest absolute Gasteiger partial charge is 0.0540 e. The number of rotatable bonds is 5. The van der Waals surface area contributed by atoms with Crippen LogP contribution in [-0.2, 0) is 0 Å². The summed E-state index contributed by atoms with van der Waals surface area (Å²) in [6, 6.07) is 68.8. The first-order chi connectivity index (χ1) is 24.8. The van der Waals surface area contributed by atoms with Crippen molar-refractivity contribution in [2.45, 2.75) is 0 Å². The number of fused-ring (bicyclic) bond motifs is 7. The highest BCUT2D eigenvalue weighted by molar-refractivity contribution is 7.25. The molecule has 0 atom stereocenters. The van der Waals surface area contributed by atoms with E-state index < -0.39 is 0 Å². The van der Waals surface area contributed by atoms with Crippen molar-refractivity contribution < 1.29 is 0 Å². The minimum atomic E-state index is 1.12. The van der Waals surface area contributed by atoms with Gasteiger partial charge in [-0.25, -0.2) is 0 Å². The SMILES string of the molecule is c1ccc(-c2ccc(N(c3ccc4sc5cc6ccccc6cc5c4c3)c3ccccc3-c3cc4ccccc4c4ccccc34)cc2)cc1. The van der Waals surface area contributed by atoms with Gasteiger partial charge in [-0.1, -0.05) is 133 Å². The zero-order valence-electron chi connectivity index (χ0n) is 27.3. The summed E-state index contributed by atoms with van der Waals surface area (Å²) in [5.74, 6) is 0. The largest absolute Gasteiger partial charge is 0.310 e. The van der Waals surface area contributed by atoms with Crippen LogP contribution in [-0.4, -0.2) is 0 Å². The van der Waals surface area contributed by atoms with E-state index in [1.807, 2.05) is 11.3 Å². The van der Waals surface area contributed by atoms with Crippen LogP contribution in [0.4, 0.5) is 17.1 Å². The Hall–Kier alpha value is -6.22. The van der Waals surface area contributed by atoms with Crippen LogP contribution >= 0.6 is 11.3 Å². The van der Waals surface area contributed by atoms with E-state index in [0.29, 0.717) is 0 Å². The molecule has 1 aromatic heterocycles. The van der Waals surface area contributed by atoms with Gasteiger partial charge >= 0.3 is 0 Å². The third-order valence-corrected chi connectivity index (χ3v) is 11.1. The number of hydrogen-bond donors (Lipinski definition) is 0. The van der Waals surface area contributed by atoms with Crippen molar-refractivity contribution in [3.8, 4) is 22.3 Å². The maximum atomic E-state index is 2.44. The number of hydrogen-bond acceptors (Lipinski definition) is 2. The van der Waals surface area contributed by atoms with Crippen LogP contribution in [0.25, 0.3) is 74.7 Å². The molecule has 0 amide bonds. The summed E-state index contributed by atoms with van der Waals surface area (Å²) in [6.07, 6.45) is 0. The fourth-order valence-electron chi connectivity index (χ4n) is 7.62. The highest BCUT2D eigenvalue weighted by Gasteiger charge is 2.20. The number of para-hydroxylation sites is 1. The second-order valence-electron chi connectivity index (χ2n) is 12.9. The Kier molecular flexibility index (Phi) is 6.75. The first-order valence-corrected chi connectivity index (χ1v) is 17.9. The predicted octanol–water partition coefficient (Wildman–Crippen LogP) is 14.3. The number of thiophene rings is 1. The molecule has 0 spiro atoms. The van der Waals surface area contributed by atoms with Crippen molar-refractivity contribution in [1.29, 1.82) is 0 Å². The molecule has 0 unspecified atom stereocenters. The van der Waals surface area contributed by atoms with Gasteiger partial charge in [-0.15, -0.1) is 11.3 Å². The molecule has 10 aromatic rings. The highest BCUT2D eigenvalue weighted by Crippen LogP contribution is 2.46. The summed E-state index contributed by atoms with van der Waals surface area (Å²) in [4.78, 5) is 2.44. The van der Waals surface area contributed by atoms with E-state index in [1.54, 1.807) is 0 Å². The lowest BCUT2D eigenvalue weighted by Gasteiger charge is -2.28. The van der Waals surface area contributed by atoms with E-state index in [4.69, 9.17) is 0 Å². The normalized spacial score (nSPS) is 11.6. The Balaban J connectivity index is 1.22. The minimum Gasteiger partial charge on any atom is -0.310 e. The second-order valence-corrected chi connectivity index (χ2v) is 14.0. The lowest BCUT2D eigenvalue weighted by Crippen LogP contribution is -2.11. The molecule has 0 N–H and O–H groups in total. The van der Waals surface area contributed by atoms with E-state index in [-0.39, 0.29) is 0 Å². The highest BCUT2D eigenvalue weighted by atomic mass is 32.1. The molecule has 10 rings (SSSR count). The van der Waals surface area contributed by atoms with Gasteiger partial charge in [0, 0.05) is 37.1 Å². The zero-order valence-corrected chi connectivity index (χ0v) is 28.1. The van der Waals surface area contributed by atoms with Gasteiger partial charge < -0.3 is 4.90 Å². The monoisotopic (exact) mass is 653 g/mol. The van der Waals surface area contributed by atoms with E-state index >= 15 is 0 Å². The summed E-state index contributed by atoms with van der Waals surface area (Å²) in [7, 11) is 0. The summed E-state index contributed by atoms with van der Waals surface area (Å²) >= 11 is 1.87. The van der Waals surface area contributed by atoms with Gasteiger partial charge in [-0.3, -0.25) is 0 Å². The van der Waals surface area contributed by atoms with Gasteiger partial charge in [0.05, 0.1) is 5.69 Å². The molecule has 0 saturated carbocycles. The molecular formula is C48H31NS. The van der Waals surface area contributed by atoms with Crippen LogP contribution in [0.3, 0.4) is 0 Å². The molecule has 1 heterocycles. The van der Waals surface area contributed by atoms with Crippen molar-refractivity contribution in [3.63, 3.8) is 0 Å². The van der Waals surface area contributed by atoms with Crippen LogP contribution in [0, 0.1) is 0 Å². The van der Waals surface area contributed by atoms with Crippen molar-refractivity contribution in [1.82, 2.24) is 0 Å². The predicted molar refractivity (Wildman–Crippen MR) is 217 cm³/mol. The molecule has 0 fully saturated rings. The Morgan fingerprint density at radius 2 is 0.920 bits per heavy atom. The number of nitrogens with zero attached hydrogens (tertiary/aromatic N) is 1. The molecule has 0 aliphatic rings. The lowest BCUT2D eigenvalue weighted by atomic mass is 9.92. The average Bonchev–Trinajstić information content (AvgIpc) is 3.54. The van der Waals surface area contributed by atoms with Crippen molar-refractivity contribution >= 4 is 80.9 Å². The quantitative estimate of drug-likeness (QED) is 0.167. The van der Waals surface area contributed by atoms with E-state index in [1.165, 1.54) is 74.7 Å². The molecule has 0 radical (unpaired) electrons. The van der Waals surface area contributed by atoms with E-state index in [9.17, 15) is 0 Å². The van der Waals surface area contributed by atoms with Crippen LogP contribution < -0.4 is 4.90 Å². The van der Waals surface area contributed by atoms with Gasteiger partial charge in [0.2, 0.25) is 0 Å². The van der Waals surface area contributed by atoms with Crippen molar-refractivity contribution in [2.75, 3.05) is 4.90 Å². The zero-order chi connectivity index (χ0) is 33.0. The summed E-state index contributed by atoms with van der Waals surface area (Å²) in [6.45, 7) is 0. The maximum Gasteiger partial charge on any atom is 0.0540 e. The minimum absolute atomic E-state index is 1.12. The van der Waals surface area contributed by atoms with Crippen LogP contribution in [0.5, 0.6) is 0 Å². The Morgan fingerprint density at radius 3 is 1.74 bits per heavy atom. The summed E-state index contributed by atoms with van der Waals surface area (Å²) in [5.41, 5.74) is 8.24. The topological polar surface area (TPSA) is 3.24 Å². The number of benzene rings is 9. The molecule has 0 bridgehead atoms. The Bertz CT molecular complexity index is 2870. The third kappa shape index (κ3) is 4.76. The van der Waals surface area contributed by atoms with Gasteiger partial charge in [0.1, 0.15) is 0 Å². The Labute approximate surface area is 294 Å². The first-order valence-electron chi connectivity index (χ1n) is 17.1. The number of anilines is 3. The molecule has 1 nitrogen and oxygen atoms in total. The molecule has 9 aromatic carbocycles. The molecule has 0 saturated heterocycles. The molecule has 0 aliphatic carbocycles. The average molecular weight is 654 g/mol. The molecule has 2 heteroatoms. The van der Waals surface area contributed by atoms with Crippen LogP contribution in [0.2, 0.25) is 0 Å². The first kappa shape index (κ1) is 28.8. The van der Waals surface area contributed by atoms with Crippen molar-refractivity contribution in [2.24, 2.45) is 0 Å². The second kappa shape index (κ2) is 11.7. The third-order valence-electron chi connectivity index (χ3n) is 10.0. The summed E-state index contributed by atoms with van der Waals surface area (Å²) in [5, 5.41) is 10.2. The fourth-order valence-corrected chi connectivity index (χ4v) is 8.74. The molecule has 234 valence electrons. The molecular weight excluding hydrogens is 623 g/mol.